The second-order valence-corrected chi connectivity index (χ2v) is 8.51. The van der Waals surface area contributed by atoms with Gasteiger partial charge in [0.05, 0.1) is 17.1 Å². The highest BCUT2D eigenvalue weighted by Crippen LogP contribution is 2.42. The van der Waals surface area contributed by atoms with Crippen molar-refractivity contribution in [1.82, 2.24) is 9.47 Å². The van der Waals surface area contributed by atoms with E-state index in [2.05, 4.69) is 4.57 Å². The number of amides is 2. The van der Waals surface area contributed by atoms with Gasteiger partial charge in [-0.05, 0) is 61.2 Å². The Labute approximate surface area is 187 Å². The Kier molecular flexibility index (Phi) is 5.29. The van der Waals surface area contributed by atoms with E-state index in [1.54, 1.807) is 21.9 Å². The van der Waals surface area contributed by atoms with Crippen LogP contribution in [-0.4, -0.2) is 33.9 Å². The maximum absolute atomic E-state index is 13.8. The molecule has 1 aliphatic carbocycles. The van der Waals surface area contributed by atoms with Crippen molar-refractivity contribution in [3.63, 3.8) is 0 Å². The molecule has 1 atom stereocenters. The molecule has 0 saturated heterocycles. The Balaban J connectivity index is 1.58. The van der Waals surface area contributed by atoms with Crippen LogP contribution in [0.15, 0.2) is 66.9 Å². The molecule has 1 saturated carbocycles. The highest BCUT2D eigenvalue weighted by molar-refractivity contribution is 6.00. The first-order valence-electron chi connectivity index (χ1n) is 11.2. The Morgan fingerprint density at radius 3 is 2.41 bits per heavy atom. The second-order valence-electron chi connectivity index (χ2n) is 8.51. The van der Waals surface area contributed by atoms with Crippen LogP contribution in [-0.2, 0) is 9.59 Å². The molecule has 1 aromatic heterocycles. The average Bonchev–Trinajstić information content (AvgIpc) is 3.52. The van der Waals surface area contributed by atoms with Crippen LogP contribution >= 0.6 is 0 Å². The lowest BCUT2D eigenvalue weighted by Gasteiger charge is -2.39. The first-order chi connectivity index (χ1) is 15.6. The summed E-state index contributed by atoms with van der Waals surface area (Å²) >= 11 is 0. The molecule has 164 valence electrons. The van der Waals surface area contributed by atoms with E-state index in [1.807, 2.05) is 49.5 Å². The van der Waals surface area contributed by atoms with Gasteiger partial charge >= 0.3 is 0 Å². The fourth-order valence-corrected chi connectivity index (χ4v) is 4.61. The van der Waals surface area contributed by atoms with Crippen LogP contribution in [0.25, 0.3) is 5.69 Å². The first-order valence-corrected chi connectivity index (χ1v) is 11.2. The van der Waals surface area contributed by atoms with Gasteiger partial charge in [0.15, 0.2) is 0 Å². The number of rotatable bonds is 6. The fraction of sp³-hybridized carbons (Fsp3) is 0.308. The van der Waals surface area contributed by atoms with E-state index in [0.717, 1.165) is 41.9 Å². The molecule has 5 rings (SSSR count). The number of aromatic nitrogens is 1. The molecule has 0 N–H and O–H groups in total. The Hall–Kier alpha value is -3.41. The van der Waals surface area contributed by atoms with E-state index in [0.29, 0.717) is 6.42 Å². The molecule has 2 heterocycles. The number of nitrogens with zero attached hydrogens (tertiary/aromatic N) is 3. The molecule has 2 aliphatic rings. The molecule has 32 heavy (non-hydrogen) atoms. The van der Waals surface area contributed by atoms with Crippen LogP contribution in [0.2, 0.25) is 0 Å². The van der Waals surface area contributed by atoms with Crippen molar-refractivity contribution >= 4 is 17.5 Å². The van der Waals surface area contributed by atoms with Crippen molar-refractivity contribution in [2.24, 2.45) is 0 Å². The van der Waals surface area contributed by atoms with Crippen molar-refractivity contribution in [3.05, 3.63) is 83.9 Å². The minimum absolute atomic E-state index is 0.0374. The fourth-order valence-electron chi connectivity index (χ4n) is 4.61. The van der Waals surface area contributed by atoms with Gasteiger partial charge < -0.3 is 9.47 Å². The number of hydrogen-bond donors (Lipinski definition) is 0. The number of carbonyl (C=O) groups excluding carboxylic acids is 2. The molecule has 1 aliphatic heterocycles. The van der Waals surface area contributed by atoms with E-state index in [1.165, 1.54) is 12.1 Å². The standard InChI is InChI=1S/C26H26FN3O2/c1-2-6-24(31)29(20-14-15-20)17-25(32)30-22-8-4-3-7-21(22)28-16-5-9-23(28)26(30)18-10-12-19(27)13-11-18/h3-5,7-13,16,20,26H,2,6,14-15,17H2,1H3. The number of hydrogen-bond acceptors (Lipinski definition) is 2. The van der Waals surface area contributed by atoms with Crippen LogP contribution in [0.4, 0.5) is 10.1 Å². The molecular formula is C26H26FN3O2. The molecule has 2 amide bonds. The topological polar surface area (TPSA) is 45.6 Å². The zero-order valence-electron chi connectivity index (χ0n) is 18.1. The lowest BCUT2D eigenvalue weighted by Crippen LogP contribution is -2.47. The quantitative estimate of drug-likeness (QED) is 0.560. The lowest BCUT2D eigenvalue weighted by atomic mass is 9.97. The maximum Gasteiger partial charge on any atom is 0.247 e. The molecule has 5 nitrogen and oxygen atoms in total. The summed E-state index contributed by atoms with van der Waals surface area (Å²) in [7, 11) is 0. The second kappa shape index (κ2) is 8.26. The van der Waals surface area contributed by atoms with E-state index in [9.17, 15) is 14.0 Å². The molecule has 0 bridgehead atoms. The van der Waals surface area contributed by atoms with Crippen LogP contribution < -0.4 is 4.90 Å². The van der Waals surface area contributed by atoms with Crippen LogP contribution in [0.3, 0.4) is 0 Å². The van der Waals surface area contributed by atoms with E-state index < -0.39 is 6.04 Å². The Morgan fingerprint density at radius 1 is 1.00 bits per heavy atom. The number of para-hydroxylation sites is 2. The molecule has 2 aromatic carbocycles. The summed E-state index contributed by atoms with van der Waals surface area (Å²) in [6.45, 7) is 2.03. The predicted octanol–water partition coefficient (Wildman–Crippen LogP) is 4.84. The van der Waals surface area contributed by atoms with Gasteiger partial charge in [-0.2, -0.15) is 0 Å². The van der Waals surface area contributed by atoms with Gasteiger partial charge in [-0.3, -0.25) is 14.5 Å². The number of halogens is 1. The molecule has 1 unspecified atom stereocenters. The van der Waals surface area contributed by atoms with Gasteiger partial charge in [0.2, 0.25) is 11.8 Å². The largest absolute Gasteiger partial charge is 0.330 e. The van der Waals surface area contributed by atoms with Crippen molar-refractivity contribution in [3.8, 4) is 5.69 Å². The molecule has 6 heteroatoms. The Morgan fingerprint density at radius 2 is 1.72 bits per heavy atom. The maximum atomic E-state index is 13.8. The van der Waals surface area contributed by atoms with Gasteiger partial charge in [-0.25, -0.2) is 4.39 Å². The van der Waals surface area contributed by atoms with E-state index >= 15 is 0 Å². The highest BCUT2D eigenvalue weighted by atomic mass is 19.1. The van der Waals surface area contributed by atoms with Gasteiger partial charge in [0.25, 0.3) is 0 Å². The number of anilines is 1. The minimum atomic E-state index is -0.407. The minimum Gasteiger partial charge on any atom is -0.330 e. The summed E-state index contributed by atoms with van der Waals surface area (Å²) in [6.07, 6.45) is 5.08. The smallest absolute Gasteiger partial charge is 0.247 e. The number of benzene rings is 2. The normalized spacial score (nSPS) is 16.9. The number of carbonyl (C=O) groups is 2. The van der Waals surface area contributed by atoms with Gasteiger partial charge in [-0.15, -0.1) is 0 Å². The van der Waals surface area contributed by atoms with Crippen molar-refractivity contribution in [2.75, 3.05) is 11.4 Å². The van der Waals surface area contributed by atoms with Crippen LogP contribution in [0.1, 0.15) is 49.9 Å². The summed E-state index contributed by atoms with van der Waals surface area (Å²) in [5.74, 6) is -0.408. The van der Waals surface area contributed by atoms with Crippen molar-refractivity contribution in [2.45, 2.75) is 44.7 Å². The number of fused-ring (bicyclic) bond motifs is 3. The van der Waals surface area contributed by atoms with Gasteiger partial charge in [0, 0.05) is 18.7 Å². The summed E-state index contributed by atoms with van der Waals surface area (Å²) in [5, 5.41) is 0. The summed E-state index contributed by atoms with van der Waals surface area (Å²) < 4.78 is 15.8. The van der Waals surface area contributed by atoms with Crippen LogP contribution in [0, 0.1) is 5.82 Å². The summed E-state index contributed by atoms with van der Waals surface area (Å²) in [5.41, 5.74) is 3.46. The van der Waals surface area contributed by atoms with E-state index in [-0.39, 0.29) is 30.2 Å². The zero-order chi connectivity index (χ0) is 22.2. The molecule has 0 radical (unpaired) electrons. The Bertz CT molecular complexity index is 1150. The zero-order valence-corrected chi connectivity index (χ0v) is 18.1. The lowest BCUT2D eigenvalue weighted by molar-refractivity contribution is -0.136. The van der Waals surface area contributed by atoms with Gasteiger partial charge in [0.1, 0.15) is 18.4 Å². The third-order valence-electron chi connectivity index (χ3n) is 6.25. The predicted molar refractivity (Wildman–Crippen MR) is 121 cm³/mol. The molecule has 1 fully saturated rings. The average molecular weight is 432 g/mol. The molecule has 0 spiro atoms. The first kappa shape index (κ1) is 20.5. The van der Waals surface area contributed by atoms with Crippen molar-refractivity contribution < 1.29 is 14.0 Å². The monoisotopic (exact) mass is 431 g/mol. The summed E-state index contributed by atoms with van der Waals surface area (Å²) in [4.78, 5) is 30.1. The van der Waals surface area contributed by atoms with Crippen LogP contribution in [0.5, 0.6) is 0 Å². The molecular weight excluding hydrogens is 405 g/mol. The van der Waals surface area contributed by atoms with E-state index in [4.69, 9.17) is 0 Å². The summed E-state index contributed by atoms with van der Waals surface area (Å²) in [6, 6.07) is 17.8. The third-order valence-corrected chi connectivity index (χ3v) is 6.25. The van der Waals surface area contributed by atoms with Crippen molar-refractivity contribution in [1.29, 1.82) is 0 Å². The SMILES string of the molecule is CCCC(=O)N(CC(=O)N1c2ccccc2-n2cccc2C1c1ccc(F)cc1)C1CC1. The van der Waals surface area contributed by atoms with Gasteiger partial charge in [-0.1, -0.05) is 31.2 Å². The third kappa shape index (κ3) is 3.60. The highest BCUT2D eigenvalue weighted by Gasteiger charge is 2.39. The molecule has 3 aromatic rings.